The van der Waals surface area contributed by atoms with Crippen molar-refractivity contribution in [2.24, 2.45) is 0 Å². The number of likely N-dealkylation sites (tertiary alicyclic amines) is 1. The number of nitrogens with zero attached hydrogens (tertiary/aromatic N) is 2. The zero-order valence-electron chi connectivity index (χ0n) is 10.1. The molecule has 1 aromatic carbocycles. The Bertz CT molecular complexity index is 453. The summed E-state index contributed by atoms with van der Waals surface area (Å²) < 4.78 is 5.82. The number of nitro groups is 1. The molecule has 0 aromatic heterocycles. The van der Waals surface area contributed by atoms with Gasteiger partial charge < -0.3 is 4.74 Å². The summed E-state index contributed by atoms with van der Waals surface area (Å²) in [6.07, 6.45) is 1.31. The van der Waals surface area contributed by atoms with Gasteiger partial charge in [0, 0.05) is 32.8 Å². The van der Waals surface area contributed by atoms with Crippen LogP contribution in [0.5, 0.6) is 0 Å². The fourth-order valence-corrected chi connectivity index (χ4v) is 2.58. The predicted molar refractivity (Wildman–Crippen MR) is 71.5 cm³/mol. The molecule has 0 N–H and O–H groups in total. The highest BCUT2D eigenvalue weighted by molar-refractivity contribution is 9.10. The van der Waals surface area contributed by atoms with Crippen molar-refractivity contribution < 1.29 is 9.66 Å². The molecule has 0 spiro atoms. The molecule has 5 nitrogen and oxygen atoms in total. The van der Waals surface area contributed by atoms with Crippen LogP contribution in [0.4, 0.5) is 5.69 Å². The maximum absolute atomic E-state index is 10.9. The molecule has 0 aliphatic carbocycles. The molecule has 1 unspecified atom stereocenters. The SMILES string of the molecule is COC1CCN(Cc2ccc(Br)c([N+](=O)[O-])c2)C1. The number of rotatable bonds is 4. The molecule has 0 saturated carbocycles. The number of ether oxygens (including phenoxy) is 1. The van der Waals surface area contributed by atoms with E-state index in [1.54, 1.807) is 19.2 Å². The summed E-state index contributed by atoms with van der Waals surface area (Å²) in [6.45, 7) is 2.59. The molecule has 1 saturated heterocycles. The van der Waals surface area contributed by atoms with Crippen molar-refractivity contribution in [3.05, 3.63) is 38.3 Å². The first-order chi connectivity index (χ1) is 8.60. The van der Waals surface area contributed by atoms with Crippen molar-refractivity contribution in [3.63, 3.8) is 0 Å². The smallest absolute Gasteiger partial charge is 0.283 e. The van der Waals surface area contributed by atoms with Crippen molar-refractivity contribution in [2.45, 2.75) is 19.1 Å². The number of hydrogen-bond donors (Lipinski definition) is 0. The molecule has 1 fully saturated rings. The topological polar surface area (TPSA) is 55.6 Å². The van der Waals surface area contributed by atoms with Gasteiger partial charge in [0.2, 0.25) is 0 Å². The summed E-state index contributed by atoms with van der Waals surface area (Å²) in [7, 11) is 1.72. The lowest BCUT2D eigenvalue weighted by molar-refractivity contribution is -0.385. The van der Waals surface area contributed by atoms with E-state index in [2.05, 4.69) is 20.8 Å². The van der Waals surface area contributed by atoms with Gasteiger partial charge in [0.15, 0.2) is 0 Å². The van der Waals surface area contributed by atoms with Crippen molar-refractivity contribution in [3.8, 4) is 0 Å². The second kappa shape index (κ2) is 5.77. The van der Waals surface area contributed by atoms with Crippen LogP contribution in [0.2, 0.25) is 0 Å². The minimum Gasteiger partial charge on any atom is -0.380 e. The van der Waals surface area contributed by atoms with E-state index in [-0.39, 0.29) is 16.7 Å². The van der Waals surface area contributed by atoms with Gasteiger partial charge in [-0.05, 0) is 34.0 Å². The van der Waals surface area contributed by atoms with E-state index in [9.17, 15) is 10.1 Å². The molecule has 1 aromatic rings. The summed E-state index contributed by atoms with van der Waals surface area (Å²) in [5.41, 5.74) is 1.08. The molecule has 18 heavy (non-hydrogen) atoms. The van der Waals surface area contributed by atoms with E-state index in [1.165, 1.54) is 0 Å². The average Bonchev–Trinajstić information content (AvgIpc) is 2.79. The minimum atomic E-state index is -0.366. The number of benzene rings is 1. The second-order valence-electron chi connectivity index (χ2n) is 4.42. The third-order valence-electron chi connectivity index (χ3n) is 3.18. The van der Waals surface area contributed by atoms with Gasteiger partial charge in [0.25, 0.3) is 5.69 Å². The quantitative estimate of drug-likeness (QED) is 0.633. The number of methoxy groups -OCH3 is 1. The fourth-order valence-electron chi connectivity index (χ4n) is 2.19. The van der Waals surface area contributed by atoms with Gasteiger partial charge in [-0.15, -0.1) is 0 Å². The third kappa shape index (κ3) is 3.07. The average molecular weight is 315 g/mol. The lowest BCUT2D eigenvalue weighted by Crippen LogP contribution is -2.22. The van der Waals surface area contributed by atoms with Crippen molar-refractivity contribution in [1.82, 2.24) is 4.90 Å². The second-order valence-corrected chi connectivity index (χ2v) is 5.28. The summed E-state index contributed by atoms with van der Waals surface area (Å²) in [4.78, 5) is 12.7. The van der Waals surface area contributed by atoms with Crippen LogP contribution in [0, 0.1) is 10.1 Å². The highest BCUT2D eigenvalue weighted by Gasteiger charge is 2.22. The molecular formula is C12H15BrN2O3. The zero-order valence-corrected chi connectivity index (χ0v) is 11.7. The maximum Gasteiger partial charge on any atom is 0.283 e. The predicted octanol–water partition coefficient (Wildman–Crippen LogP) is 2.58. The largest absolute Gasteiger partial charge is 0.380 e. The lowest BCUT2D eigenvalue weighted by Gasteiger charge is -2.15. The van der Waals surface area contributed by atoms with Crippen LogP contribution >= 0.6 is 15.9 Å². The Hall–Kier alpha value is -0.980. The van der Waals surface area contributed by atoms with Crippen LogP contribution in [-0.2, 0) is 11.3 Å². The Morgan fingerprint density at radius 2 is 2.39 bits per heavy atom. The van der Waals surface area contributed by atoms with E-state index in [0.717, 1.165) is 31.6 Å². The van der Waals surface area contributed by atoms with Crippen molar-refractivity contribution in [2.75, 3.05) is 20.2 Å². The third-order valence-corrected chi connectivity index (χ3v) is 3.85. The lowest BCUT2D eigenvalue weighted by atomic mass is 10.2. The standard InChI is InChI=1S/C12H15BrN2O3/c1-18-10-4-5-14(8-10)7-9-2-3-11(13)12(6-9)15(16)17/h2-3,6,10H,4-5,7-8H2,1H3. The van der Waals surface area contributed by atoms with Crippen molar-refractivity contribution in [1.29, 1.82) is 0 Å². The molecule has 0 amide bonds. The van der Waals surface area contributed by atoms with Gasteiger partial charge in [-0.3, -0.25) is 15.0 Å². The highest BCUT2D eigenvalue weighted by atomic mass is 79.9. The molecule has 2 rings (SSSR count). The first kappa shape index (κ1) is 13.5. The Morgan fingerprint density at radius 3 is 3.00 bits per heavy atom. The zero-order chi connectivity index (χ0) is 13.1. The first-order valence-electron chi connectivity index (χ1n) is 5.78. The van der Waals surface area contributed by atoms with Gasteiger partial charge in [0.05, 0.1) is 15.5 Å². The maximum atomic E-state index is 10.9. The van der Waals surface area contributed by atoms with Gasteiger partial charge in [0.1, 0.15) is 0 Å². The molecule has 98 valence electrons. The summed E-state index contributed by atoms with van der Waals surface area (Å²) in [5.74, 6) is 0. The van der Waals surface area contributed by atoms with Crippen LogP contribution in [-0.4, -0.2) is 36.1 Å². The molecular weight excluding hydrogens is 300 g/mol. The van der Waals surface area contributed by atoms with Crippen molar-refractivity contribution >= 4 is 21.6 Å². The van der Waals surface area contributed by atoms with Crippen LogP contribution in [0.3, 0.4) is 0 Å². The van der Waals surface area contributed by atoms with E-state index in [4.69, 9.17) is 4.74 Å². The summed E-state index contributed by atoms with van der Waals surface area (Å²) in [6, 6.07) is 5.28. The van der Waals surface area contributed by atoms with Crippen LogP contribution < -0.4 is 0 Å². The van der Waals surface area contributed by atoms with Gasteiger partial charge in [-0.2, -0.15) is 0 Å². The van der Waals surface area contributed by atoms with Crippen LogP contribution in [0.25, 0.3) is 0 Å². The number of hydrogen-bond acceptors (Lipinski definition) is 4. The van der Waals surface area contributed by atoms with E-state index < -0.39 is 0 Å². The number of halogens is 1. The molecule has 1 heterocycles. The Labute approximate surface area is 114 Å². The Morgan fingerprint density at radius 1 is 1.61 bits per heavy atom. The van der Waals surface area contributed by atoms with E-state index >= 15 is 0 Å². The summed E-state index contributed by atoms with van der Waals surface area (Å²) >= 11 is 3.19. The van der Waals surface area contributed by atoms with Gasteiger partial charge in [-0.25, -0.2) is 0 Å². The first-order valence-corrected chi connectivity index (χ1v) is 6.57. The van der Waals surface area contributed by atoms with Crippen LogP contribution in [0.1, 0.15) is 12.0 Å². The molecule has 0 bridgehead atoms. The fraction of sp³-hybridized carbons (Fsp3) is 0.500. The molecule has 6 heteroatoms. The molecule has 1 atom stereocenters. The number of nitro benzene ring substituents is 1. The molecule has 0 radical (unpaired) electrons. The van der Waals surface area contributed by atoms with Gasteiger partial charge in [-0.1, -0.05) is 6.07 Å². The van der Waals surface area contributed by atoms with E-state index in [0.29, 0.717) is 4.47 Å². The molecule has 1 aliphatic rings. The molecule has 1 aliphatic heterocycles. The van der Waals surface area contributed by atoms with Crippen LogP contribution in [0.15, 0.2) is 22.7 Å². The van der Waals surface area contributed by atoms with Gasteiger partial charge >= 0.3 is 0 Å². The van der Waals surface area contributed by atoms with E-state index in [1.807, 2.05) is 6.07 Å². The monoisotopic (exact) mass is 314 g/mol. The highest BCUT2D eigenvalue weighted by Crippen LogP contribution is 2.26. The Kier molecular flexibility index (Phi) is 4.31. The normalized spacial score (nSPS) is 20.2. The summed E-state index contributed by atoms with van der Waals surface area (Å²) in [5, 5.41) is 10.9. The Balaban J connectivity index is 2.06. The minimum absolute atomic E-state index is 0.120.